The van der Waals surface area contributed by atoms with Gasteiger partial charge in [-0.3, -0.25) is 14.9 Å². The number of nitro benzene ring substituents is 1. The molecule has 9 heteroatoms. The van der Waals surface area contributed by atoms with Crippen molar-refractivity contribution in [3.05, 3.63) is 103 Å². The Morgan fingerprint density at radius 1 is 1.00 bits per heavy atom. The zero-order valence-electron chi connectivity index (χ0n) is 19.0. The Morgan fingerprint density at radius 3 is 2.34 bits per heavy atom. The lowest BCUT2D eigenvalue weighted by molar-refractivity contribution is -0.384. The van der Waals surface area contributed by atoms with Gasteiger partial charge in [0.1, 0.15) is 23.3 Å². The fourth-order valence-corrected chi connectivity index (χ4v) is 3.51. The van der Waals surface area contributed by atoms with Crippen molar-refractivity contribution in [3.63, 3.8) is 0 Å². The molecule has 0 unspecified atom stereocenters. The Bertz CT molecular complexity index is 1500. The van der Waals surface area contributed by atoms with Gasteiger partial charge in [-0.2, -0.15) is 0 Å². The fourth-order valence-electron chi connectivity index (χ4n) is 3.32. The van der Waals surface area contributed by atoms with Crippen LogP contribution in [0.2, 0.25) is 5.02 Å². The molecular formula is C26H20ClNO7. The van der Waals surface area contributed by atoms with Gasteiger partial charge in [0.05, 0.1) is 20.9 Å². The van der Waals surface area contributed by atoms with Crippen LogP contribution in [0.4, 0.5) is 5.69 Å². The number of esters is 1. The first-order chi connectivity index (χ1) is 16.5. The molecule has 1 aromatic heterocycles. The summed E-state index contributed by atoms with van der Waals surface area (Å²) in [6, 6.07) is 15.1. The zero-order valence-corrected chi connectivity index (χ0v) is 19.8. The first kappa shape index (κ1) is 24.0. The first-order valence-electron chi connectivity index (χ1n) is 10.5. The van der Waals surface area contributed by atoms with Gasteiger partial charge >= 0.3 is 5.97 Å². The molecule has 1 heterocycles. The summed E-state index contributed by atoms with van der Waals surface area (Å²) in [5.74, 6) is -0.322. The van der Waals surface area contributed by atoms with Crippen LogP contribution >= 0.6 is 11.6 Å². The number of carbonyl (C=O) groups excluding carboxylic acids is 1. The number of rotatable bonds is 5. The van der Waals surface area contributed by atoms with E-state index in [4.69, 9.17) is 25.5 Å². The van der Waals surface area contributed by atoms with Crippen LogP contribution in [0.3, 0.4) is 0 Å². The van der Waals surface area contributed by atoms with Gasteiger partial charge in [-0.05, 0) is 41.3 Å². The van der Waals surface area contributed by atoms with Gasteiger partial charge in [-0.1, -0.05) is 44.5 Å². The summed E-state index contributed by atoms with van der Waals surface area (Å²) in [5.41, 5.74) is 0.424. The highest BCUT2D eigenvalue weighted by atomic mass is 35.5. The maximum absolute atomic E-state index is 12.9. The minimum atomic E-state index is -0.890. The lowest BCUT2D eigenvalue weighted by atomic mass is 9.87. The molecule has 0 spiro atoms. The van der Waals surface area contributed by atoms with E-state index in [0.29, 0.717) is 5.75 Å². The van der Waals surface area contributed by atoms with Crippen molar-refractivity contribution in [1.29, 1.82) is 0 Å². The van der Waals surface area contributed by atoms with E-state index in [9.17, 15) is 19.7 Å². The molecule has 178 valence electrons. The van der Waals surface area contributed by atoms with Crippen molar-refractivity contribution in [3.8, 4) is 17.2 Å². The molecule has 35 heavy (non-hydrogen) atoms. The molecule has 0 N–H and O–H groups in total. The van der Waals surface area contributed by atoms with Gasteiger partial charge in [0.25, 0.3) is 5.69 Å². The molecule has 0 radical (unpaired) electrons. The van der Waals surface area contributed by atoms with Crippen LogP contribution in [0.5, 0.6) is 17.2 Å². The Kier molecular flexibility index (Phi) is 6.32. The molecule has 0 amide bonds. The van der Waals surface area contributed by atoms with Crippen LogP contribution in [0, 0.1) is 10.1 Å². The molecule has 0 aliphatic heterocycles. The van der Waals surface area contributed by atoms with Crippen LogP contribution in [0.15, 0.2) is 76.1 Å². The average molecular weight is 494 g/mol. The molecule has 8 nitrogen and oxygen atoms in total. The molecule has 3 aromatic carbocycles. The smallest absolute Gasteiger partial charge is 0.345 e. The topological polar surface area (TPSA) is 109 Å². The Morgan fingerprint density at radius 2 is 1.69 bits per heavy atom. The summed E-state index contributed by atoms with van der Waals surface area (Å²) in [4.78, 5) is 35.7. The van der Waals surface area contributed by atoms with Gasteiger partial charge in [-0.25, -0.2) is 4.79 Å². The lowest BCUT2D eigenvalue weighted by Gasteiger charge is -2.19. The quantitative estimate of drug-likeness (QED) is 0.132. The molecule has 0 aliphatic rings. The molecule has 0 aliphatic carbocycles. The van der Waals surface area contributed by atoms with Crippen molar-refractivity contribution < 1.29 is 23.6 Å². The van der Waals surface area contributed by atoms with Gasteiger partial charge in [0.2, 0.25) is 11.2 Å². The van der Waals surface area contributed by atoms with Crippen molar-refractivity contribution in [2.75, 3.05) is 0 Å². The molecule has 4 rings (SSSR count). The summed E-state index contributed by atoms with van der Waals surface area (Å²) in [5, 5.41) is 11.2. The third-order valence-electron chi connectivity index (χ3n) is 5.25. The number of hydrogen-bond donors (Lipinski definition) is 0. The third-order valence-corrected chi connectivity index (χ3v) is 5.58. The van der Waals surface area contributed by atoms with Gasteiger partial charge < -0.3 is 13.9 Å². The molecule has 4 aromatic rings. The number of hydrogen-bond acceptors (Lipinski definition) is 7. The van der Waals surface area contributed by atoms with Crippen LogP contribution in [0.1, 0.15) is 36.7 Å². The average Bonchev–Trinajstić information content (AvgIpc) is 2.80. The number of ether oxygens (including phenoxy) is 2. The number of nitrogens with zero attached hydrogens (tertiary/aromatic N) is 1. The highest BCUT2D eigenvalue weighted by Crippen LogP contribution is 2.28. The van der Waals surface area contributed by atoms with Gasteiger partial charge in [0.15, 0.2) is 0 Å². The monoisotopic (exact) mass is 493 g/mol. The van der Waals surface area contributed by atoms with E-state index in [0.717, 1.165) is 11.6 Å². The molecule has 0 fully saturated rings. The molecule has 0 saturated carbocycles. The Hall–Kier alpha value is -4.17. The SMILES string of the molecule is CC(C)(C)c1ccc(Oc2coc3cc(OC(=O)c4cc([N+](=O)[O-])ccc4Cl)ccc3c2=O)cc1. The Labute approximate surface area is 204 Å². The minimum Gasteiger partial charge on any atom is -0.460 e. The van der Waals surface area contributed by atoms with E-state index in [1.807, 2.05) is 12.1 Å². The maximum atomic E-state index is 12.9. The van der Waals surface area contributed by atoms with Crippen LogP contribution in [-0.2, 0) is 5.41 Å². The molecular weight excluding hydrogens is 474 g/mol. The zero-order chi connectivity index (χ0) is 25.3. The number of nitro groups is 1. The Balaban J connectivity index is 1.56. The van der Waals surface area contributed by atoms with E-state index in [-0.39, 0.29) is 44.2 Å². The van der Waals surface area contributed by atoms with E-state index >= 15 is 0 Å². The van der Waals surface area contributed by atoms with Gasteiger partial charge in [-0.15, -0.1) is 0 Å². The highest BCUT2D eigenvalue weighted by Gasteiger charge is 2.19. The number of halogens is 1. The first-order valence-corrected chi connectivity index (χ1v) is 10.9. The van der Waals surface area contributed by atoms with Crippen LogP contribution < -0.4 is 14.9 Å². The summed E-state index contributed by atoms with van der Waals surface area (Å²) >= 11 is 6.00. The predicted molar refractivity (Wildman–Crippen MR) is 131 cm³/mol. The number of benzene rings is 3. The summed E-state index contributed by atoms with van der Waals surface area (Å²) in [6.45, 7) is 6.31. The summed E-state index contributed by atoms with van der Waals surface area (Å²) in [6.07, 6.45) is 1.19. The normalized spacial score (nSPS) is 11.3. The van der Waals surface area contributed by atoms with Crippen molar-refractivity contribution in [1.82, 2.24) is 0 Å². The minimum absolute atomic E-state index is 0.00486. The second-order valence-electron chi connectivity index (χ2n) is 8.77. The highest BCUT2D eigenvalue weighted by molar-refractivity contribution is 6.33. The summed E-state index contributed by atoms with van der Waals surface area (Å²) in [7, 11) is 0. The fraction of sp³-hybridized carbons (Fsp3) is 0.154. The van der Waals surface area contributed by atoms with E-state index in [1.54, 1.807) is 12.1 Å². The van der Waals surface area contributed by atoms with E-state index in [1.165, 1.54) is 36.6 Å². The second kappa shape index (κ2) is 9.23. The molecule has 0 bridgehead atoms. The van der Waals surface area contributed by atoms with E-state index in [2.05, 4.69) is 20.8 Å². The largest absolute Gasteiger partial charge is 0.460 e. The predicted octanol–water partition coefficient (Wildman–Crippen LogP) is 6.66. The van der Waals surface area contributed by atoms with E-state index < -0.39 is 16.3 Å². The molecule has 0 atom stereocenters. The lowest BCUT2D eigenvalue weighted by Crippen LogP contribution is -2.11. The maximum Gasteiger partial charge on any atom is 0.345 e. The number of non-ortho nitro benzene ring substituents is 1. The molecule has 0 saturated heterocycles. The van der Waals surface area contributed by atoms with Crippen molar-refractivity contribution in [2.45, 2.75) is 26.2 Å². The van der Waals surface area contributed by atoms with Gasteiger partial charge in [0, 0.05) is 18.2 Å². The van der Waals surface area contributed by atoms with Crippen LogP contribution in [-0.4, -0.2) is 10.9 Å². The van der Waals surface area contributed by atoms with Crippen molar-refractivity contribution in [2.24, 2.45) is 0 Å². The second-order valence-corrected chi connectivity index (χ2v) is 9.18. The summed E-state index contributed by atoms with van der Waals surface area (Å²) < 4.78 is 16.6. The number of carbonyl (C=O) groups is 1. The van der Waals surface area contributed by atoms with Crippen molar-refractivity contribution >= 4 is 34.2 Å². The number of fused-ring (bicyclic) bond motifs is 1. The standard InChI is InChI=1S/C26H20ClNO7/c1-26(2,3)15-4-7-17(8-5-15)34-23-14-33-22-13-18(9-10-19(22)24(23)29)35-25(30)20-12-16(28(31)32)6-11-21(20)27/h4-14H,1-3H3. The van der Waals surface area contributed by atoms with Crippen LogP contribution in [0.25, 0.3) is 11.0 Å². The third kappa shape index (κ3) is 5.17.